The lowest BCUT2D eigenvalue weighted by atomic mass is 10.1. The van der Waals surface area contributed by atoms with E-state index >= 15 is 0 Å². The van der Waals surface area contributed by atoms with Crippen molar-refractivity contribution in [2.45, 2.75) is 19.8 Å². The highest BCUT2D eigenvalue weighted by Crippen LogP contribution is 2.24. The van der Waals surface area contributed by atoms with Gasteiger partial charge in [-0.15, -0.1) is 0 Å². The normalized spacial score (nSPS) is 11.3. The molecule has 2 aromatic heterocycles. The van der Waals surface area contributed by atoms with Crippen LogP contribution in [0.3, 0.4) is 0 Å². The third-order valence-corrected chi connectivity index (χ3v) is 4.34. The molecule has 0 aliphatic carbocycles. The molecule has 0 bridgehead atoms. The largest absolute Gasteiger partial charge is 0.355 e. The predicted molar refractivity (Wildman–Crippen MR) is 106 cm³/mol. The monoisotopic (exact) mass is 348 g/mol. The average molecular weight is 348 g/mol. The van der Waals surface area contributed by atoms with Gasteiger partial charge in [-0.3, -0.25) is 4.79 Å². The van der Waals surface area contributed by atoms with Gasteiger partial charge in [-0.25, -0.2) is 4.98 Å². The van der Waals surface area contributed by atoms with Crippen LogP contribution in [0.2, 0.25) is 0 Å². The van der Waals surface area contributed by atoms with Crippen LogP contribution in [-0.4, -0.2) is 27.0 Å². The number of aromatic nitrogens is 3. The van der Waals surface area contributed by atoms with Gasteiger partial charge in [-0.05, 0) is 24.6 Å². The fourth-order valence-electron chi connectivity index (χ4n) is 2.96. The standard InChI is InChI=1S/C21H24N4O/c1-15(2)8-9-20-18(17-6-4-5-7-19(17)24-20)12-21(26)23-11-10-16-13-22-14-25(16)3/h4-9,13-14,24H,1,10-12H2,2-3H3,(H,23,26)/b9-8+. The Balaban J connectivity index is 1.72. The fourth-order valence-corrected chi connectivity index (χ4v) is 2.96. The molecule has 0 fully saturated rings. The number of nitrogens with one attached hydrogen (secondary N) is 2. The molecule has 1 amide bonds. The van der Waals surface area contributed by atoms with Crippen molar-refractivity contribution in [1.82, 2.24) is 19.9 Å². The lowest BCUT2D eigenvalue weighted by Crippen LogP contribution is -2.27. The number of aromatic amines is 1. The first-order valence-electron chi connectivity index (χ1n) is 8.69. The first-order chi connectivity index (χ1) is 12.5. The molecule has 2 heterocycles. The summed E-state index contributed by atoms with van der Waals surface area (Å²) in [5.41, 5.74) is 5.07. The van der Waals surface area contributed by atoms with Gasteiger partial charge in [-0.2, -0.15) is 0 Å². The molecule has 5 nitrogen and oxygen atoms in total. The molecule has 3 rings (SSSR count). The minimum atomic E-state index is 0.0156. The zero-order valence-corrected chi connectivity index (χ0v) is 15.2. The van der Waals surface area contributed by atoms with Crippen LogP contribution in [0.5, 0.6) is 0 Å². The van der Waals surface area contributed by atoms with Crippen molar-refractivity contribution < 1.29 is 4.79 Å². The molecule has 0 radical (unpaired) electrons. The van der Waals surface area contributed by atoms with E-state index in [4.69, 9.17) is 0 Å². The second-order valence-electron chi connectivity index (χ2n) is 6.52. The molecule has 0 aliphatic heterocycles. The second-order valence-corrected chi connectivity index (χ2v) is 6.52. The summed E-state index contributed by atoms with van der Waals surface area (Å²) in [7, 11) is 1.95. The Morgan fingerprint density at radius 1 is 1.38 bits per heavy atom. The Kier molecular flexibility index (Phi) is 5.37. The number of fused-ring (bicyclic) bond motifs is 1. The van der Waals surface area contributed by atoms with Crippen molar-refractivity contribution in [3.05, 3.63) is 72.0 Å². The molecule has 0 atom stereocenters. The maximum Gasteiger partial charge on any atom is 0.224 e. The van der Waals surface area contributed by atoms with Gasteiger partial charge in [0.05, 0.1) is 12.7 Å². The van der Waals surface area contributed by atoms with E-state index < -0.39 is 0 Å². The Bertz CT molecular complexity index is 961. The number of nitrogens with zero attached hydrogens (tertiary/aromatic N) is 2. The Morgan fingerprint density at radius 3 is 2.92 bits per heavy atom. The minimum Gasteiger partial charge on any atom is -0.355 e. The van der Waals surface area contributed by atoms with E-state index in [1.165, 1.54) is 0 Å². The molecule has 0 unspecified atom stereocenters. The van der Waals surface area contributed by atoms with E-state index in [9.17, 15) is 4.79 Å². The number of hydrogen-bond donors (Lipinski definition) is 2. The number of aryl methyl sites for hydroxylation is 1. The third kappa shape index (κ3) is 4.11. The summed E-state index contributed by atoms with van der Waals surface area (Å²) in [5, 5.41) is 4.09. The smallest absolute Gasteiger partial charge is 0.224 e. The van der Waals surface area contributed by atoms with Crippen molar-refractivity contribution in [2.24, 2.45) is 7.05 Å². The summed E-state index contributed by atoms with van der Waals surface area (Å²) < 4.78 is 1.96. The van der Waals surface area contributed by atoms with Crippen LogP contribution in [0.25, 0.3) is 17.0 Å². The van der Waals surface area contributed by atoms with E-state index in [2.05, 4.69) is 21.9 Å². The van der Waals surface area contributed by atoms with Gasteiger partial charge in [0.1, 0.15) is 0 Å². The number of allylic oxidation sites excluding steroid dienone is 2. The van der Waals surface area contributed by atoms with E-state index in [1.54, 1.807) is 6.33 Å². The molecule has 0 saturated heterocycles. The zero-order valence-electron chi connectivity index (χ0n) is 15.2. The van der Waals surface area contributed by atoms with Gasteiger partial charge in [0.15, 0.2) is 0 Å². The van der Waals surface area contributed by atoms with Gasteiger partial charge < -0.3 is 14.9 Å². The third-order valence-electron chi connectivity index (χ3n) is 4.34. The number of carbonyl (C=O) groups excluding carboxylic acids is 1. The summed E-state index contributed by atoms with van der Waals surface area (Å²) in [5.74, 6) is 0.0156. The fraction of sp³-hybridized carbons (Fsp3) is 0.238. The van der Waals surface area contributed by atoms with Gasteiger partial charge in [-0.1, -0.05) is 36.4 Å². The van der Waals surface area contributed by atoms with Crippen LogP contribution in [-0.2, 0) is 24.7 Å². The van der Waals surface area contributed by atoms with E-state index in [-0.39, 0.29) is 5.91 Å². The number of benzene rings is 1. The van der Waals surface area contributed by atoms with Gasteiger partial charge in [0, 0.05) is 48.5 Å². The highest BCUT2D eigenvalue weighted by atomic mass is 16.1. The molecular weight excluding hydrogens is 324 g/mol. The molecule has 0 spiro atoms. The van der Waals surface area contributed by atoms with Crippen LogP contribution >= 0.6 is 0 Å². The molecule has 2 N–H and O–H groups in total. The van der Waals surface area contributed by atoms with Crippen LogP contribution < -0.4 is 5.32 Å². The SMILES string of the molecule is C=C(C)/C=C/c1[nH]c2ccccc2c1CC(=O)NCCc1cncn1C. The van der Waals surface area contributed by atoms with Crippen LogP contribution in [0.4, 0.5) is 0 Å². The molecule has 0 aliphatic rings. The van der Waals surface area contributed by atoms with Crippen molar-refractivity contribution in [3.63, 3.8) is 0 Å². The number of rotatable bonds is 7. The van der Waals surface area contributed by atoms with Gasteiger partial charge in [0.2, 0.25) is 5.91 Å². The first-order valence-corrected chi connectivity index (χ1v) is 8.69. The molecule has 134 valence electrons. The van der Waals surface area contributed by atoms with Crippen molar-refractivity contribution >= 4 is 22.9 Å². The lowest BCUT2D eigenvalue weighted by molar-refractivity contribution is -0.120. The summed E-state index contributed by atoms with van der Waals surface area (Å²) in [4.78, 5) is 20.0. The van der Waals surface area contributed by atoms with Crippen molar-refractivity contribution in [3.8, 4) is 0 Å². The minimum absolute atomic E-state index is 0.0156. The number of para-hydroxylation sites is 1. The Hall–Kier alpha value is -3.08. The molecule has 1 aromatic carbocycles. The molecule has 3 aromatic rings. The van der Waals surface area contributed by atoms with Gasteiger partial charge in [0.25, 0.3) is 0 Å². The lowest BCUT2D eigenvalue weighted by Gasteiger charge is -2.06. The van der Waals surface area contributed by atoms with Crippen molar-refractivity contribution in [1.29, 1.82) is 0 Å². The summed E-state index contributed by atoms with van der Waals surface area (Å²) in [6, 6.07) is 8.05. The maximum atomic E-state index is 12.5. The highest BCUT2D eigenvalue weighted by molar-refractivity contribution is 5.92. The number of carbonyl (C=O) groups is 1. The summed E-state index contributed by atoms with van der Waals surface area (Å²) in [6.45, 7) is 6.44. The van der Waals surface area contributed by atoms with Gasteiger partial charge >= 0.3 is 0 Å². The van der Waals surface area contributed by atoms with Crippen LogP contribution in [0.1, 0.15) is 23.9 Å². The number of hydrogen-bond acceptors (Lipinski definition) is 2. The molecular formula is C21H24N4O. The molecule has 0 saturated carbocycles. The summed E-state index contributed by atoms with van der Waals surface area (Å²) >= 11 is 0. The van der Waals surface area contributed by atoms with Crippen LogP contribution in [0.15, 0.2) is 55.0 Å². The zero-order chi connectivity index (χ0) is 18.5. The predicted octanol–water partition coefficient (Wildman–Crippen LogP) is 3.39. The number of H-pyrrole nitrogens is 1. The van der Waals surface area contributed by atoms with E-state index in [1.807, 2.05) is 61.2 Å². The van der Waals surface area contributed by atoms with E-state index in [0.29, 0.717) is 13.0 Å². The quantitative estimate of drug-likeness (QED) is 0.643. The summed E-state index contributed by atoms with van der Waals surface area (Å²) in [6.07, 6.45) is 8.63. The number of imidazole rings is 1. The van der Waals surface area contributed by atoms with E-state index in [0.717, 1.165) is 39.8 Å². The average Bonchev–Trinajstić information content (AvgIpc) is 3.17. The Morgan fingerprint density at radius 2 is 2.19 bits per heavy atom. The topological polar surface area (TPSA) is 62.7 Å². The molecule has 5 heteroatoms. The Labute approximate surface area is 153 Å². The molecule has 26 heavy (non-hydrogen) atoms. The first kappa shape index (κ1) is 17.7. The number of amides is 1. The second kappa shape index (κ2) is 7.87. The van der Waals surface area contributed by atoms with Crippen molar-refractivity contribution in [2.75, 3.05) is 6.54 Å². The maximum absolute atomic E-state index is 12.5. The highest BCUT2D eigenvalue weighted by Gasteiger charge is 2.13. The van der Waals surface area contributed by atoms with Crippen LogP contribution in [0, 0.1) is 0 Å².